The SMILES string of the molecule is COc1ccc(S(=O)(=O)N2CCC(=O)CC2)cc1F. The first-order valence-corrected chi connectivity index (χ1v) is 7.24. The second-order valence-corrected chi connectivity index (χ2v) is 6.18. The van der Waals surface area contributed by atoms with Gasteiger partial charge in [0, 0.05) is 25.9 Å². The highest BCUT2D eigenvalue weighted by molar-refractivity contribution is 7.89. The van der Waals surface area contributed by atoms with E-state index >= 15 is 0 Å². The first-order valence-electron chi connectivity index (χ1n) is 5.80. The summed E-state index contributed by atoms with van der Waals surface area (Å²) in [6, 6.07) is 3.51. The third-order valence-corrected chi connectivity index (χ3v) is 4.94. The number of sulfonamides is 1. The lowest BCUT2D eigenvalue weighted by atomic mass is 10.1. The average Bonchev–Trinajstić information content (AvgIpc) is 2.39. The molecule has 2 rings (SSSR count). The lowest BCUT2D eigenvalue weighted by molar-refractivity contribution is -0.120. The summed E-state index contributed by atoms with van der Waals surface area (Å²) in [5.74, 6) is -0.684. The number of rotatable bonds is 3. The van der Waals surface area contributed by atoms with Gasteiger partial charge in [0.15, 0.2) is 11.6 Å². The zero-order valence-electron chi connectivity index (χ0n) is 10.4. The Morgan fingerprint density at radius 2 is 1.89 bits per heavy atom. The number of nitrogens with zero attached hydrogens (tertiary/aromatic N) is 1. The van der Waals surface area contributed by atoms with E-state index in [0.717, 1.165) is 6.07 Å². The number of hydrogen-bond donors (Lipinski definition) is 0. The Kier molecular flexibility index (Phi) is 3.86. The van der Waals surface area contributed by atoms with E-state index in [1.807, 2.05) is 0 Å². The van der Waals surface area contributed by atoms with Crippen molar-refractivity contribution in [3.8, 4) is 5.75 Å². The predicted molar refractivity (Wildman–Crippen MR) is 66.0 cm³/mol. The van der Waals surface area contributed by atoms with E-state index in [0.29, 0.717) is 0 Å². The highest BCUT2D eigenvalue weighted by Crippen LogP contribution is 2.24. The van der Waals surface area contributed by atoms with Gasteiger partial charge in [0.05, 0.1) is 12.0 Å². The molecule has 0 unspecified atom stereocenters. The molecule has 1 aromatic rings. The number of halogens is 1. The van der Waals surface area contributed by atoms with Gasteiger partial charge in [0.2, 0.25) is 10.0 Å². The minimum Gasteiger partial charge on any atom is -0.494 e. The maximum atomic E-state index is 13.5. The van der Waals surface area contributed by atoms with Crippen LogP contribution in [0.25, 0.3) is 0 Å². The molecule has 0 N–H and O–H groups in total. The molecule has 0 aromatic heterocycles. The Bertz CT molecular complexity index is 590. The van der Waals surface area contributed by atoms with Crippen LogP contribution in [0.3, 0.4) is 0 Å². The lowest BCUT2D eigenvalue weighted by Gasteiger charge is -2.25. The molecule has 1 fully saturated rings. The summed E-state index contributed by atoms with van der Waals surface area (Å²) < 4.78 is 44.0. The monoisotopic (exact) mass is 287 g/mol. The van der Waals surface area contributed by atoms with Gasteiger partial charge in [-0.15, -0.1) is 0 Å². The third kappa shape index (κ3) is 2.76. The Balaban J connectivity index is 2.29. The quantitative estimate of drug-likeness (QED) is 0.837. The van der Waals surface area contributed by atoms with E-state index in [1.165, 1.54) is 23.5 Å². The molecule has 104 valence electrons. The topological polar surface area (TPSA) is 63.7 Å². The number of carbonyl (C=O) groups is 1. The number of carbonyl (C=O) groups excluding carboxylic acids is 1. The fourth-order valence-electron chi connectivity index (χ4n) is 1.93. The molecule has 0 amide bonds. The van der Waals surface area contributed by atoms with Crippen molar-refractivity contribution < 1.29 is 22.3 Å². The number of ether oxygens (including phenoxy) is 1. The summed E-state index contributed by atoms with van der Waals surface area (Å²) in [6.45, 7) is 0.295. The van der Waals surface area contributed by atoms with E-state index < -0.39 is 15.8 Å². The summed E-state index contributed by atoms with van der Waals surface area (Å²) in [5, 5.41) is 0. The van der Waals surface area contributed by atoms with Crippen LogP contribution >= 0.6 is 0 Å². The van der Waals surface area contributed by atoms with E-state index in [-0.39, 0.29) is 42.4 Å². The number of ketones is 1. The Morgan fingerprint density at radius 1 is 1.26 bits per heavy atom. The average molecular weight is 287 g/mol. The molecule has 1 aliphatic heterocycles. The molecule has 1 saturated heterocycles. The van der Waals surface area contributed by atoms with E-state index in [4.69, 9.17) is 4.74 Å². The van der Waals surface area contributed by atoms with Crippen LogP contribution in [0.4, 0.5) is 4.39 Å². The molecular weight excluding hydrogens is 273 g/mol. The van der Waals surface area contributed by atoms with Crippen LogP contribution in [-0.2, 0) is 14.8 Å². The number of hydrogen-bond acceptors (Lipinski definition) is 4. The van der Waals surface area contributed by atoms with Crippen molar-refractivity contribution in [2.45, 2.75) is 17.7 Å². The van der Waals surface area contributed by atoms with Crippen LogP contribution in [-0.4, -0.2) is 38.7 Å². The van der Waals surface area contributed by atoms with Gasteiger partial charge in [-0.2, -0.15) is 4.31 Å². The van der Waals surface area contributed by atoms with Gasteiger partial charge >= 0.3 is 0 Å². The first-order chi connectivity index (χ1) is 8.95. The van der Waals surface area contributed by atoms with Gasteiger partial charge in [-0.25, -0.2) is 12.8 Å². The molecule has 7 heteroatoms. The van der Waals surface area contributed by atoms with Crippen molar-refractivity contribution in [1.29, 1.82) is 0 Å². The zero-order chi connectivity index (χ0) is 14.0. The zero-order valence-corrected chi connectivity index (χ0v) is 11.2. The number of methoxy groups -OCH3 is 1. The molecule has 0 saturated carbocycles. The van der Waals surface area contributed by atoms with Crippen molar-refractivity contribution in [2.24, 2.45) is 0 Å². The maximum absolute atomic E-state index is 13.5. The summed E-state index contributed by atoms with van der Waals surface area (Å²) in [6.07, 6.45) is 0.412. The van der Waals surface area contributed by atoms with Gasteiger partial charge in [-0.3, -0.25) is 4.79 Å². The van der Waals surface area contributed by atoms with Crippen molar-refractivity contribution in [2.75, 3.05) is 20.2 Å². The molecule has 0 bridgehead atoms. The van der Waals surface area contributed by atoms with Gasteiger partial charge in [-0.1, -0.05) is 0 Å². The fourth-order valence-corrected chi connectivity index (χ4v) is 3.39. The maximum Gasteiger partial charge on any atom is 0.243 e. The first kappa shape index (κ1) is 14.0. The fraction of sp³-hybridized carbons (Fsp3) is 0.417. The second-order valence-electron chi connectivity index (χ2n) is 4.24. The molecule has 1 aliphatic rings. The third-order valence-electron chi connectivity index (χ3n) is 3.04. The van der Waals surface area contributed by atoms with Crippen LogP contribution in [0, 0.1) is 5.82 Å². The van der Waals surface area contributed by atoms with Crippen molar-refractivity contribution >= 4 is 15.8 Å². The summed E-state index contributed by atoms with van der Waals surface area (Å²) in [4.78, 5) is 11.0. The minimum atomic E-state index is -3.75. The highest BCUT2D eigenvalue weighted by atomic mass is 32.2. The van der Waals surface area contributed by atoms with Gasteiger partial charge in [0.1, 0.15) is 5.78 Å². The van der Waals surface area contributed by atoms with Crippen molar-refractivity contribution in [3.05, 3.63) is 24.0 Å². The van der Waals surface area contributed by atoms with Gasteiger partial charge in [0.25, 0.3) is 0 Å². The Hall–Kier alpha value is -1.47. The van der Waals surface area contributed by atoms with Gasteiger partial charge in [-0.05, 0) is 18.2 Å². The standard InChI is InChI=1S/C12H14FNO4S/c1-18-12-3-2-10(8-11(12)13)19(16,17)14-6-4-9(15)5-7-14/h2-3,8H,4-7H2,1H3. The summed E-state index contributed by atoms with van der Waals surface area (Å²) in [7, 11) is -2.44. The van der Waals surface area contributed by atoms with Crippen LogP contribution in [0.15, 0.2) is 23.1 Å². The normalized spacial score (nSPS) is 17.5. The predicted octanol–water partition coefficient (Wildman–Crippen LogP) is 1.19. The molecule has 0 atom stereocenters. The van der Waals surface area contributed by atoms with Gasteiger partial charge < -0.3 is 4.74 Å². The van der Waals surface area contributed by atoms with Crippen molar-refractivity contribution in [3.63, 3.8) is 0 Å². The van der Waals surface area contributed by atoms with E-state index in [2.05, 4.69) is 0 Å². The number of piperidine rings is 1. The van der Waals surface area contributed by atoms with Crippen LogP contribution in [0.1, 0.15) is 12.8 Å². The molecule has 0 aliphatic carbocycles. The molecular formula is C12H14FNO4S. The largest absolute Gasteiger partial charge is 0.494 e. The van der Waals surface area contributed by atoms with Crippen LogP contribution in [0.2, 0.25) is 0 Å². The minimum absolute atomic E-state index is 0.00669. The second kappa shape index (κ2) is 5.26. The summed E-state index contributed by atoms with van der Waals surface area (Å²) >= 11 is 0. The number of benzene rings is 1. The molecule has 5 nitrogen and oxygen atoms in total. The molecule has 19 heavy (non-hydrogen) atoms. The molecule has 0 spiro atoms. The Morgan fingerprint density at radius 3 is 2.42 bits per heavy atom. The molecule has 1 heterocycles. The smallest absolute Gasteiger partial charge is 0.243 e. The highest BCUT2D eigenvalue weighted by Gasteiger charge is 2.29. The molecule has 1 aromatic carbocycles. The van der Waals surface area contributed by atoms with E-state index in [9.17, 15) is 17.6 Å². The van der Waals surface area contributed by atoms with E-state index in [1.54, 1.807) is 0 Å². The summed E-state index contributed by atoms with van der Waals surface area (Å²) in [5.41, 5.74) is 0. The lowest BCUT2D eigenvalue weighted by Crippen LogP contribution is -2.38. The number of Topliss-reactive ketones (excluding diaryl/α,β-unsaturated/α-hetero) is 1. The molecule has 0 radical (unpaired) electrons. The Labute approximate surface area is 111 Å². The van der Waals surface area contributed by atoms with Crippen LogP contribution < -0.4 is 4.74 Å². The van der Waals surface area contributed by atoms with Crippen LogP contribution in [0.5, 0.6) is 5.75 Å². The van der Waals surface area contributed by atoms with Crippen molar-refractivity contribution in [1.82, 2.24) is 4.31 Å².